The number of carboxylic acids is 1. The van der Waals surface area contributed by atoms with Gasteiger partial charge in [0.15, 0.2) is 0 Å². The van der Waals surface area contributed by atoms with Gasteiger partial charge in [-0.25, -0.2) is 4.79 Å². The molecule has 0 radical (unpaired) electrons. The highest BCUT2D eigenvalue weighted by Crippen LogP contribution is 2.18. The molecule has 1 aliphatic rings. The van der Waals surface area contributed by atoms with Crippen LogP contribution in [0.2, 0.25) is 0 Å². The molecular weight excluding hydrogens is 272 g/mol. The lowest BCUT2D eigenvalue weighted by Gasteiger charge is -2.28. The molecule has 21 heavy (non-hydrogen) atoms. The molecule has 0 saturated carbocycles. The van der Waals surface area contributed by atoms with Gasteiger partial charge in [0.2, 0.25) is 11.8 Å². The van der Waals surface area contributed by atoms with Gasteiger partial charge < -0.3 is 10.8 Å². The molecule has 0 bridgehead atoms. The zero-order valence-corrected chi connectivity index (χ0v) is 12.6. The number of carbonyl (C=O) groups is 3. The molecule has 0 aromatic carbocycles. The molecule has 0 aromatic rings. The largest absolute Gasteiger partial charge is 0.480 e. The maximum atomic E-state index is 12.2. The smallest absolute Gasteiger partial charge is 0.326 e. The van der Waals surface area contributed by atoms with Gasteiger partial charge in [0.05, 0.1) is 0 Å². The van der Waals surface area contributed by atoms with Gasteiger partial charge in [-0.3, -0.25) is 14.5 Å². The van der Waals surface area contributed by atoms with Crippen LogP contribution in [0, 0.1) is 0 Å². The third-order valence-electron chi connectivity index (χ3n) is 3.85. The molecule has 1 saturated heterocycles. The number of unbranched alkanes of at least 4 members (excludes halogenated alkanes) is 1. The highest BCUT2D eigenvalue weighted by Gasteiger charge is 2.33. The molecule has 1 rings (SSSR count). The van der Waals surface area contributed by atoms with Gasteiger partial charge >= 0.3 is 5.97 Å². The Balaban J connectivity index is 2.82. The van der Waals surface area contributed by atoms with Gasteiger partial charge in [-0.1, -0.05) is 19.3 Å². The summed E-state index contributed by atoms with van der Waals surface area (Å²) in [7, 11) is 0. The number of carbonyl (C=O) groups excluding carboxylic acids is 2. The van der Waals surface area contributed by atoms with Crippen molar-refractivity contribution in [2.24, 2.45) is 5.73 Å². The Morgan fingerprint density at radius 1 is 1.05 bits per heavy atom. The van der Waals surface area contributed by atoms with E-state index in [4.69, 9.17) is 5.73 Å². The zero-order valence-electron chi connectivity index (χ0n) is 12.6. The molecule has 1 fully saturated rings. The van der Waals surface area contributed by atoms with Crippen molar-refractivity contribution in [3.8, 4) is 0 Å². The Hall–Kier alpha value is -1.43. The van der Waals surface area contributed by atoms with Crippen molar-refractivity contribution >= 4 is 17.8 Å². The molecule has 3 N–H and O–H groups in total. The molecule has 0 spiro atoms. The van der Waals surface area contributed by atoms with Gasteiger partial charge in [-0.15, -0.1) is 0 Å². The highest BCUT2D eigenvalue weighted by molar-refractivity contribution is 5.99. The van der Waals surface area contributed by atoms with Crippen LogP contribution in [0.3, 0.4) is 0 Å². The van der Waals surface area contributed by atoms with Crippen LogP contribution in [-0.4, -0.2) is 40.4 Å². The molecule has 1 aliphatic heterocycles. The number of hydrogen-bond acceptors (Lipinski definition) is 4. The number of carboxylic acid groups (broad SMARTS) is 1. The number of nitrogens with zero attached hydrogens (tertiary/aromatic N) is 1. The number of nitrogens with two attached hydrogens (primary N) is 1. The molecular formula is C15H26N2O4. The van der Waals surface area contributed by atoms with E-state index < -0.39 is 12.0 Å². The molecule has 120 valence electrons. The number of imide groups is 1. The normalized spacial score (nSPS) is 19.4. The first kappa shape index (κ1) is 17.6. The standard InChI is InChI=1S/C15H26N2O4/c16-11-7-6-8-12(15(20)21)17-13(18)9-4-2-1-3-5-10-14(17)19/h12H,1-11,16H2,(H,20,21)/t12-/m0/s1. The summed E-state index contributed by atoms with van der Waals surface area (Å²) in [4.78, 5) is 36.9. The molecule has 1 heterocycles. The maximum Gasteiger partial charge on any atom is 0.326 e. The lowest BCUT2D eigenvalue weighted by molar-refractivity contribution is -0.158. The molecule has 0 aromatic heterocycles. The Morgan fingerprint density at radius 3 is 2.05 bits per heavy atom. The number of amides is 2. The summed E-state index contributed by atoms with van der Waals surface area (Å²) >= 11 is 0. The van der Waals surface area contributed by atoms with Crippen LogP contribution < -0.4 is 5.73 Å². The summed E-state index contributed by atoms with van der Waals surface area (Å²) in [5.74, 6) is -1.80. The van der Waals surface area contributed by atoms with Crippen molar-refractivity contribution in [2.75, 3.05) is 6.54 Å². The fourth-order valence-electron chi connectivity index (χ4n) is 2.66. The first-order chi connectivity index (χ1) is 10.1. The fourth-order valence-corrected chi connectivity index (χ4v) is 2.66. The second kappa shape index (κ2) is 9.50. The maximum absolute atomic E-state index is 12.2. The summed E-state index contributed by atoms with van der Waals surface area (Å²) in [5, 5.41) is 9.37. The van der Waals surface area contributed by atoms with E-state index in [1.54, 1.807) is 0 Å². The van der Waals surface area contributed by atoms with Crippen LogP contribution in [0.25, 0.3) is 0 Å². The van der Waals surface area contributed by atoms with E-state index in [-0.39, 0.29) is 31.1 Å². The second-order valence-electron chi connectivity index (χ2n) is 5.56. The Bertz CT molecular complexity index is 351. The second-order valence-corrected chi connectivity index (χ2v) is 5.56. The Labute approximate surface area is 125 Å². The lowest BCUT2D eigenvalue weighted by atomic mass is 10.0. The van der Waals surface area contributed by atoms with E-state index in [9.17, 15) is 19.5 Å². The van der Waals surface area contributed by atoms with Crippen LogP contribution >= 0.6 is 0 Å². The van der Waals surface area contributed by atoms with Gasteiger partial charge in [0.25, 0.3) is 0 Å². The minimum absolute atomic E-state index is 0.256. The van der Waals surface area contributed by atoms with Gasteiger partial charge in [0, 0.05) is 12.8 Å². The molecule has 6 nitrogen and oxygen atoms in total. The predicted octanol–water partition coefficient (Wildman–Crippen LogP) is 1.67. The van der Waals surface area contributed by atoms with E-state index in [0.29, 0.717) is 19.4 Å². The van der Waals surface area contributed by atoms with Crippen LogP contribution in [0.15, 0.2) is 0 Å². The third-order valence-corrected chi connectivity index (χ3v) is 3.85. The van der Waals surface area contributed by atoms with E-state index in [1.165, 1.54) is 0 Å². The SMILES string of the molecule is NCCCC[C@@H](C(=O)O)N1C(=O)CCCCCCCC1=O. The van der Waals surface area contributed by atoms with Crippen molar-refractivity contribution < 1.29 is 19.5 Å². The van der Waals surface area contributed by atoms with Crippen molar-refractivity contribution in [3.05, 3.63) is 0 Å². The third kappa shape index (κ3) is 5.83. The summed E-state index contributed by atoms with van der Waals surface area (Å²) in [6.07, 6.45) is 6.47. The summed E-state index contributed by atoms with van der Waals surface area (Å²) in [5.41, 5.74) is 5.41. The first-order valence-electron chi connectivity index (χ1n) is 7.85. The molecule has 0 unspecified atom stereocenters. The van der Waals surface area contributed by atoms with Gasteiger partial charge in [0.1, 0.15) is 6.04 Å². The quantitative estimate of drug-likeness (QED) is 0.574. The van der Waals surface area contributed by atoms with Crippen LogP contribution in [0.4, 0.5) is 0 Å². The topological polar surface area (TPSA) is 101 Å². The lowest BCUT2D eigenvalue weighted by Crippen LogP contribution is -2.48. The summed E-state index contributed by atoms with van der Waals surface area (Å²) < 4.78 is 0. The van der Waals surface area contributed by atoms with E-state index in [1.807, 2.05) is 0 Å². The fraction of sp³-hybridized carbons (Fsp3) is 0.800. The average molecular weight is 298 g/mol. The molecule has 1 atom stereocenters. The van der Waals surface area contributed by atoms with Crippen molar-refractivity contribution in [1.29, 1.82) is 0 Å². The summed E-state index contributed by atoms with van der Waals surface area (Å²) in [6.45, 7) is 0.480. The number of hydrogen-bond donors (Lipinski definition) is 2. The van der Waals surface area contributed by atoms with Crippen LogP contribution in [-0.2, 0) is 14.4 Å². The van der Waals surface area contributed by atoms with Crippen molar-refractivity contribution in [3.63, 3.8) is 0 Å². The minimum atomic E-state index is -1.11. The van der Waals surface area contributed by atoms with E-state index in [0.717, 1.165) is 37.0 Å². The molecule has 2 amide bonds. The highest BCUT2D eigenvalue weighted by atomic mass is 16.4. The Kier molecular flexibility index (Phi) is 7.97. The van der Waals surface area contributed by atoms with Crippen molar-refractivity contribution in [1.82, 2.24) is 4.90 Å². The monoisotopic (exact) mass is 298 g/mol. The predicted molar refractivity (Wildman–Crippen MR) is 78.5 cm³/mol. The molecule has 0 aliphatic carbocycles. The van der Waals surface area contributed by atoms with Gasteiger partial charge in [-0.2, -0.15) is 0 Å². The molecule has 6 heteroatoms. The van der Waals surface area contributed by atoms with Crippen molar-refractivity contribution in [2.45, 2.75) is 70.3 Å². The Morgan fingerprint density at radius 2 is 1.57 bits per heavy atom. The first-order valence-corrected chi connectivity index (χ1v) is 7.85. The van der Waals surface area contributed by atoms with Gasteiger partial charge in [-0.05, 0) is 38.6 Å². The number of rotatable bonds is 6. The zero-order chi connectivity index (χ0) is 15.7. The minimum Gasteiger partial charge on any atom is -0.480 e. The van der Waals surface area contributed by atoms with Crippen LogP contribution in [0.5, 0.6) is 0 Å². The summed E-state index contributed by atoms with van der Waals surface area (Å²) in [6, 6.07) is -1.05. The number of aliphatic carboxylic acids is 1. The van der Waals surface area contributed by atoms with E-state index >= 15 is 0 Å². The van der Waals surface area contributed by atoms with E-state index in [2.05, 4.69) is 0 Å². The van der Waals surface area contributed by atoms with Crippen LogP contribution in [0.1, 0.15) is 64.2 Å². The average Bonchev–Trinajstić information content (AvgIpc) is 2.44.